The molecule has 0 radical (unpaired) electrons. The number of hydrogen-bond acceptors (Lipinski definition) is 5. The van der Waals surface area contributed by atoms with Crippen molar-refractivity contribution in [2.75, 3.05) is 12.4 Å². The zero-order valence-corrected chi connectivity index (χ0v) is 12.6. The zero-order chi connectivity index (χ0) is 14.8. The highest BCUT2D eigenvalue weighted by molar-refractivity contribution is 7.15. The van der Waals surface area contributed by atoms with Crippen LogP contribution in [0.2, 0.25) is 0 Å². The van der Waals surface area contributed by atoms with Crippen LogP contribution in [0.25, 0.3) is 4.96 Å². The van der Waals surface area contributed by atoms with E-state index in [9.17, 15) is 4.79 Å². The minimum Gasteiger partial charge on any atom is -0.487 e. The summed E-state index contributed by atoms with van der Waals surface area (Å²) in [7, 11) is 1.87. The van der Waals surface area contributed by atoms with Crippen molar-refractivity contribution >= 4 is 22.0 Å². The number of benzene rings is 1. The van der Waals surface area contributed by atoms with Gasteiger partial charge in [0.2, 0.25) is 0 Å². The molecule has 5 nitrogen and oxygen atoms in total. The summed E-state index contributed by atoms with van der Waals surface area (Å²) in [5.74, 6) is 0.748. The second kappa shape index (κ2) is 5.57. The number of nitrogens with one attached hydrogen (secondary N) is 1. The molecule has 0 aliphatic rings. The van der Waals surface area contributed by atoms with Crippen molar-refractivity contribution < 1.29 is 4.74 Å². The van der Waals surface area contributed by atoms with Crippen molar-refractivity contribution in [3.8, 4) is 5.75 Å². The standard InChI is InChI=1S/C15H15N3O2S/c1-10-9-21-15-17-12(7-14(19)18(10)15)8-20-13-5-3-11(16-2)4-6-13/h3-7,9,16H,8H2,1-2H3. The molecule has 0 saturated heterocycles. The van der Waals surface area contributed by atoms with Gasteiger partial charge in [0.1, 0.15) is 12.4 Å². The first-order valence-corrected chi connectivity index (χ1v) is 7.43. The number of aromatic nitrogens is 2. The summed E-state index contributed by atoms with van der Waals surface area (Å²) in [6, 6.07) is 9.15. The molecule has 3 aromatic rings. The average molecular weight is 301 g/mol. The Labute approximate surface area is 125 Å². The Bertz CT molecular complexity index is 821. The van der Waals surface area contributed by atoms with Crippen LogP contribution in [0.5, 0.6) is 5.75 Å². The Hall–Kier alpha value is -2.34. The number of ether oxygens (including phenoxy) is 1. The first kappa shape index (κ1) is 13.6. The van der Waals surface area contributed by atoms with Crippen molar-refractivity contribution in [1.82, 2.24) is 9.38 Å². The lowest BCUT2D eigenvalue weighted by Crippen LogP contribution is -2.15. The van der Waals surface area contributed by atoms with Crippen LogP contribution in [0.3, 0.4) is 0 Å². The van der Waals surface area contributed by atoms with Gasteiger partial charge in [-0.1, -0.05) is 0 Å². The van der Waals surface area contributed by atoms with Crippen LogP contribution in [-0.2, 0) is 6.61 Å². The maximum atomic E-state index is 12.0. The Balaban J connectivity index is 1.80. The molecule has 2 heterocycles. The molecule has 0 saturated carbocycles. The van der Waals surface area contributed by atoms with Crippen molar-refractivity contribution in [2.45, 2.75) is 13.5 Å². The summed E-state index contributed by atoms with van der Waals surface area (Å²) in [5.41, 5.74) is 2.50. The van der Waals surface area contributed by atoms with Gasteiger partial charge in [-0.15, -0.1) is 11.3 Å². The molecular formula is C15H15N3O2S. The Morgan fingerprint density at radius 1 is 1.33 bits per heavy atom. The van der Waals surface area contributed by atoms with Gasteiger partial charge in [-0.3, -0.25) is 9.20 Å². The van der Waals surface area contributed by atoms with Crippen LogP contribution < -0.4 is 15.6 Å². The number of fused-ring (bicyclic) bond motifs is 1. The topological polar surface area (TPSA) is 55.6 Å². The number of aryl methyl sites for hydroxylation is 1. The molecule has 2 aromatic heterocycles. The summed E-state index contributed by atoms with van der Waals surface area (Å²) < 4.78 is 7.28. The van der Waals surface area contributed by atoms with Crippen LogP contribution in [0.15, 0.2) is 40.5 Å². The maximum Gasteiger partial charge on any atom is 0.259 e. The van der Waals surface area contributed by atoms with Crippen LogP contribution in [0.1, 0.15) is 11.4 Å². The monoisotopic (exact) mass is 301 g/mol. The highest BCUT2D eigenvalue weighted by atomic mass is 32.1. The van der Waals surface area contributed by atoms with Gasteiger partial charge >= 0.3 is 0 Å². The van der Waals surface area contributed by atoms with Gasteiger partial charge in [-0.05, 0) is 31.2 Å². The third-order valence-electron chi connectivity index (χ3n) is 3.16. The van der Waals surface area contributed by atoms with Gasteiger partial charge in [0.15, 0.2) is 4.96 Å². The summed E-state index contributed by atoms with van der Waals surface area (Å²) in [5, 5.41) is 4.97. The van der Waals surface area contributed by atoms with Gasteiger partial charge in [0.25, 0.3) is 5.56 Å². The second-order valence-corrected chi connectivity index (χ2v) is 5.48. The molecule has 21 heavy (non-hydrogen) atoms. The average Bonchev–Trinajstić information content (AvgIpc) is 2.87. The molecule has 0 bridgehead atoms. The highest BCUT2D eigenvalue weighted by Crippen LogP contribution is 2.17. The van der Waals surface area contributed by atoms with Gasteiger partial charge < -0.3 is 10.1 Å². The zero-order valence-electron chi connectivity index (χ0n) is 11.8. The molecule has 1 aromatic carbocycles. The minimum atomic E-state index is -0.0668. The molecule has 0 unspecified atom stereocenters. The first-order chi connectivity index (χ1) is 10.2. The van der Waals surface area contributed by atoms with Crippen molar-refractivity contribution in [2.24, 2.45) is 0 Å². The fourth-order valence-electron chi connectivity index (χ4n) is 2.05. The molecule has 0 atom stereocenters. The first-order valence-electron chi connectivity index (χ1n) is 6.55. The van der Waals surface area contributed by atoms with Gasteiger partial charge in [0, 0.05) is 29.9 Å². The Morgan fingerprint density at radius 3 is 2.81 bits per heavy atom. The van der Waals surface area contributed by atoms with E-state index < -0.39 is 0 Å². The van der Waals surface area contributed by atoms with E-state index >= 15 is 0 Å². The van der Waals surface area contributed by atoms with Gasteiger partial charge in [-0.2, -0.15) is 0 Å². The normalized spacial score (nSPS) is 10.8. The molecule has 6 heteroatoms. The van der Waals surface area contributed by atoms with Crippen LogP contribution in [-0.4, -0.2) is 16.4 Å². The molecule has 0 amide bonds. The SMILES string of the molecule is CNc1ccc(OCc2cc(=O)n3c(C)csc3n2)cc1. The number of rotatable bonds is 4. The fourth-order valence-corrected chi connectivity index (χ4v) is 2.94. The summed E-state index contributed by atoms with van der Waals surface area (Å²) in [4.78, 5) is 17.2. The van der Waals surface area contributed by atoms with Crippen LogP contribution >= 0.6 is 11.3 Å². The third kappa shape index (κ3) is 2.75. The maximum absolute atomic E-state index is 12.0. The van der Waals surface area contributed by atoms with Crippen LogP contribution in [0.4, 0.5) is 5.69 Å². The molecule has 1 N–H and O–H groups in total. The predicted octanol–water partition coefficient (Wildman–Crippen LogP) is 2.69. The lowest BCUT2D eigenvalue weighted by Gasteiger charge is -2.07. The summed E-state index contributed by atoms with van der Waals surface area (Å²) in [6.07, 6.45) is 0. The molecule has 0 aliphatic carbocycles. The predicted molar refractivity (Wildman–Crippen MR) is 84.4 cm³/mol. The molecular weight excluding hydrogens is 286 g/mol. The Kier molecular flexibility index (Phi) is 3.62. The molecule has 108 valence electrons. The quantitative estimate of drug-likeness (QED) is 0.805. The number of hydrogen-bond donors (Lipinski definition) is 1. The van der Waals surface area contributed by atoms with E-state index in [0.29, 0.717) is 10.7 Å². The number of thiazole rings is 1. The van der Waals surface area contributed by atoms with E-state index in [1.807, 2.05) is 43.6 Å². The largest absolute Gasteiger partial charge is 0.487 e. The summed E-state index contributed by atoms with van der Waals surface area (Å²) in [6.45, 7) is 2.17. The molecule has 3 rings (SSSR count). The number of anilines is 1. The van der Waals surface area contributed by atoms with E-state index in [4.69, 9.17) is 4.74 Å². The van der Waals surface area contributed by atoms with E-state index in [1.54, 1.807) is 4.40 Å². The van der Waals surface area contributed by atoms with E-state index in [0.717, 1.165) is 17.1 Å². The van der Waals surface area contributed by atoms with Crippen molar-refractivity contribution in [1.29, 1.82) is 0 Å². The molecule has 0 fully saturated rings. The lowest BCUT2D eigenvalue weighted by atomic mass is 10.3. The number of nitrogens with zero attached hydrogens (tertiary/aromatic N) is 2. The second-order valence-electron chi connectivity index (χ2n) is 4.64. The molecule has 0 aliphatic heterocycles. The lowest BCUT2D eigenvalue weighted by molar-refractivity contribution is 0.301. The summed E-state index contributed by atoms with van der Waals surface area (Å²) >= 11 is 1.46. The highest BCUT2D eigenvalue weighted by Gasteiger charge is 2.07. The van der Waals surface area contributed by atoms with Gasteiger partial charge in [-0.25, -0.2) is 4.98 Å². The smallest absolute Gasteiger partial charge is 0.259 e. The Morgan fingerprint density at radius 2 is 2.10 bits per heavy atom. The van der Waals surface area contributed by atoms with Crippen molar-refractivity contribution in [3.05, 3.63) is 57.5 Å². The fraction of sp³-hybridized carbons (Fsp3) is 0.200. The third-order valence-corrected chi connectivity index (χ3v) is 4.10. The van der Waals surface area contributed by atoms with E-state index in [2.05, 4.69) is 10.3 Å². The van der Waals surface area contributed by atoms with E-state index in [-0.39, 0.29) is 12.2 Å². The van der Waals surface area contributed by atoms with Crippen molar-refractivity contribution in [3.63, 3.8) is 0 Å². The van der Waals surface area contributed by atoms with Crippen LogP contribution in [0, 0.1) is 6.92 Å². The minimum absolute atomic E-state index is 0.0668. The molecule has 0 spiro atoms. The van der Waals surface area contributed by atoms with Gasteiger partial charge in [0.05, 0.1) is 5.69 Å². The van der Waals surface area contributed by atoms with E-state index in [1.165, 1.54) is 17.4 Å².